The Hall–Kier alpha value is -1.11. The molecule has 1 aliphatic heterocycles. The molecular formula is C12H18N2O3S. The summed E-state index contributed by atoms with van der Waals surface area (Å²) in [4.78, 5) is 0.288. The van der Waals surface area contributed by atoms with Gasteiger partial charge < -0.3 is 10.1 Å². The number of piperazine rings is 1. The van der Waals surface area contributed by atoms with Crippen LogP contribution in [0.2, 0.25) is 0 Å². The molecule has 1 fully saturated rings. The minimum atomic E-state index is -3.43. The van der Waals surface area contributed by atoms with Crippen LogP contribution in [-0.4, -0.2) is 45.5 Å². The molecule has 0 aliphatic carbocycles. The lowest BCUT2D eigenvalue weighted by Gasteiger charge is -2.32. The Morgan fingerprint density at radius 3 is 2.89 bits per heavy atom. The fourth-order valence-corrected chi connectivity index (χ4v) is 3.74. The number of hydrogen-bond donors (Lipinski definition) is 1. The predicted molar refractivity (Wildman–Crippen MR) is 69.2 cm³/mol. The summed E-state index contributed by atoms with van der Waals surface area (Å²) in [6.07, 6.45) is 0. The predicted octanol–water partition coefficient (Wildman–Crippen LogP) is 0.678. The number of ether oxygens (including phenoxy) is 1. The molecule has 1 saturated heterocycles. The van der Waals surface area contributed by atoms with Crippen molar-refractivity contribution in [2.45, 2.75) is 17.9 Å². The molecular weight excluding hydrogens is 252 g/mol. The number of benzene rings is 1. The van der Waals surface area contributed by atoms with Crippen molar-refractivity contribution in [2.24, 2.45) is 0 Å². The maximum atomic E-state index is 12.5. The molecule has 0 amide bonds. The van der Waals surface area contributed by atoms with E-state index in [-0.39, 0.29) is 10.9 Å². The first-order valence-electron chi connectivity index (χ1n) is 5.92. The van der Waals surface area contributed by atoms with Crippen molar-refractivity contribution < 1.29 is 13.2 Å². The first-order valence-corrected chi connectivity index (χ1v) is 7.36. The van der Waals surface area contributed by atoms with E-state index in [1.807, 2.05) is 6.92 Å². The van der Waals surface area contributed by atoms with Crippen LogP contribution in [0.1, 0.15) is 6.92 Å². The van der Waals surface area contributed by atoms with Crippen LogP contribution >= 0.6 is 0 Å². The summed E-state index contributed by atoms with van der Waals surface area (Å²) in [6, 6.07) is 6.56. The van der Waals surface area contributed by atoms with Crippen LogP contribution in [-0.2, 0) is 10.0 Å². The second-order valence-electron chi connectivity index (χ2n) is 4.35. The van der Waals surface area contributed by atoms with Crippen LogP contribution in [0.15, 0.2) is 29.2 Å². The lowest BCUT2D eigenvalue weighted by molar-refractivity contribution is 0.283. The van der Waals surface area contributed by atoms with Crippen molar-refractivity contribution in [3.05, 3.63) is 24.3 Å². The van der Waals surface area contributed by atoms with Gasteiger partial charge in [-0.2, -0.15) is 4.31 Å². The summed E-state index contributed by atoms with van der Waals surface area (Å²) in [5.74, 6) is 0.555. The molecule has 0 aromatic heterocycles. The minimum absolute atomic E-state index is 0.0325. The van der Waals surface area contributed by atoms with Crippen LogP contribution in [0.5, 0.6) is 5.75 Å². The summed E-state index contributed by atoms with van der Waals surface area (Å²) in [7, 11) is -1.90. The molecule has 2 rings (SSSR count). The van der Waals surface area contributed by atoms with Crippen molar-refractivity contribution in [3.63, 3.8) is 0 Å². The summed E-state index contributed by atoms with van der Waals surface area (Å²) in [5, 5.41) is 3.18. The van der Waals surface area contributed by atoms with Gasteiger partial charge in [-0.25, -0.2) is 8.42 Å². The summed E-state index contributed by atoms with van der Waals surface area (Å²) >= 11 is 0. The molecule has 0 saturated carbocycles. The molecule has 18 heavy (non-hydrogen) atoms. The smallest absolute Gasteiger partial charge is 0.243 e. The normalized spacial score (nSPS) is 21.8. The van der Waals surface area contributed by atoms with E-state index in [1.165, 1.54) is 11.4 Å². The van der Waals surface area contributed by atoms with Gasteiger partial charge in [0.15, 0.2) is 0 Å². The highest BCUT2D eigenvalue weighted by Gasteiger charge is 2.30. The van der Waals surface area contributed by atoms with Crippen LogP contribution in [0.3, 0.4) is 0 Å². The molecule has 1 N–H and O–H groups in total. The lowest BCUT2D eigenvalue weighted by atomic mass is 10.3. The van der Waals surface area contributed by atoms with Crippen LogP contribution in [0, 0.1) is 0 Å². The molecule has 1 atom stereocenters. The van der Waals surface area contributed by atoms with Crippen molar-refractivity contribution in [3.8, 4) is 5.75 Å². The van der Waals surface area contributed by atoms with Crippen LogP contribution < -0.4 is 10.1 Å². The highest BCUT2D eigenvalue weighted by Crippen LogP contribution is 2.22. The Balaban J connectivity index is 2.34. The first kappa shape index (κ1) is 13.3. The summed E-state index contributed by atoms with van der Waals surface area (Å²) in [5.41, 5.74) is 0. The van der Waals surface area contributed by atoms with E-state index in [0.29, 0.717) is 25.4 Å². The number of methoxy groups -OCH3 is 1. The van der Waals surface area contributed by atoms with Gasteiger partial charge in [0.05, 0.1) is 12.0 Å². The SMILES string of the molecule is COc1cccc(S(=O)(=O)N2CCNC[C@H]2C)c1. The maximum Gasteiger partial charge on any atom is 0.243 e. The average Bonchev–Trinajstić information content (AvgIpc) is 2.39. The molecule has 0 radical (unpaired) electrons. The zero-order chi connectivity index (χ0) is 13.2. The number of hydrogen-bond acceptors (Lipinski definition) is 4. The maximum absolute atomic E-state index is 12.5. The highest BCUT2D eigenvalue weighted by atomic mass is 32.2. The van der Waals surface area contributed by atoms with E-state index in [0.717, 1.165) is 0 Å². The summed E-state index contributed by atoms with van der Waals surface area (Å²) in [6.45, 7) is 3.78. The zero-order valence-electron chi connectivity index (χ0n) is 10.6. The van der Waals surface area contributed by atoms with Crippen molar-refractivity contribution >= 4 is 10.0 Å². The van der Waals surface area contributed by atoms with Crippen LogP contribution in [0.4, 0.5) is 0 Å². The lowest BCUT2D eigenvalue weighted by Crippen LogP contribution is -2.52. The van der Waals surface area contributed by atoms with E-state index < -0.39 is 10.0 Å². The van der Waals surface area contributed by atoms with Gasteiger partial charge in [0, 0.05) is 31.7 Å². The standard InChI is InChI=1S/C12H18N2O3S/c1-10-9-13-6-7-14(10)18(15,16)12-5-3-4-11(8-12)17-2/h3-5,8,10,13H,6-7,9H2,1-2H3/t10-/m1/s1. The minimum Gasteiger partial charge on any atom is -0.497 e. The third kappa shape index (κ3) is 2.50. The monoisotopic (exact) mass is 270 g/mol. The third-order valence-electron chi connectivity index (χ3n) is 3.09. The molecule has 0 bridgehead atoms. The van der Waals surface area contributed by atoms with Crippen molar-refractivity contribution in [2.75, 3.05) is 26.7 Å². The Bertz CT molecular complexity index is 516. The fraction of sp³-hybridized carbons (Fsp3) is 0.500. The zero-order valence-corrected chi connectivity index (χ0v) is 11.4. The van der Waals surface area contributed by atoms with Gasteiger partial charge in [0.25, 0.3) is 0 Å². The second kappa shape index (κ2) is 5.26. The van der Waals surface area contributed by atoms with E-state index in [2.05, 4.69) is 5.32 Å². The molecule has 6 heteroatoms. The topological polar surface area (TPSA) is 58.6 Å². The largest absolute Gasteiger partial charge is 0.497 e. The Morgan fingerprint density at radius 1 is 1.44 bits per heavy atom. The van der Waals surface area contributed by atoms with Gasteiger partial charge in [0.1, 0.15) is 5.75 Å². The highest BCUT2D eigenvalue weighted by molar-refractivity contribution is 7.89. The average molecular weight is 270 g/mol. The molecule has 100 valence electrons. The van der Waals surface area contributed by atoms with E-state index in [4.69, 9.17) is 4.74 Å². The van der Waals surface area contributed by atoms with Gasteiger partial charge in [-0.1, -0.05) is 6.07 Å². The van der Waals surface area contributed by atoms with Gasteiger partial charge in [-0.15, -0.1) is 0 Å². The quantitative estimate of drug-likeness (QED) is 0.877. The number of nitrogens with zero attached hydrogens (tertiary/aromatic N) is 1. The molecule has 0 unspecified atom stereocenters. The van der Waals surface area contributed by atoms with Crippen LogP contribution in [0.25, 0.3) is 0 Å². The summed E-state index contributed by atoms with van der Waals surface area (Å²) < 4.78 is 31.6. The van der Waals surface area contributed by atoms with Crippen molar-refractivity contribution in [1.82, 2.24) is 9.62 Å². The van der Waals surface area contributed by atoms with Gasteiger partial charge in [0.2, 0.25) is 10.0 Å². The third-order valence-corrected chi connectivity index (χ3v) is 5.10. The number of rotatable bonds is 3. The Labute approximate surface area is 108 Å². The van der Waals surface area contributed by atoms with Crippen molar-refractivity contribution in [1.29, 1.82) is 0 Å². The molecule has 1 aromatic carbocycles. The second-order valence-corrected chi connectivity index (χ2v) is 6.24. The van der Waals surface area contributed by atoms with Gasteiger partial charge in [-0.05, 0) is 19.1 Å². The Kier molecular flexibility index (Phi) is 3.89. The number of sulfonamides is 1. The van der Waals surface area contributed by atoms with E-state index >= 15 is 0 Å². The fourth-order valence-electron chi connectivity index (χ4n) is 2.08. The Morgan fingerprint density at radius 2 is 2.22 bits per heavy atom. The molecule has 1 aliphatic rings. The first-order chi connectivity index (χ1) is 8.55. The van der Waals surface area contributed by atoms with E-state index in [9.17, 15) is 8.42 Å². The molecule has 0 spiro atoms. The van der Waals surface area contributed by atoms with Gasteiger partial charge >= 0.3 is 0 Å². The molecule has 1 heterocycles. The molecule has 5 nitrogen and oxygen atoms in total. The molecule has 1 aromatic rings. The van der Waals surface area contributed by atoms with E-state index in [1.54, 1.807) is 24.3 Å². The number of nitrogens with one attached hydrogen (secondary N) is 1. The van der Waals surface area contributed by atoms with Gasteiger partial charge in [-0.3, -0.25) is 0 Å².